The number of nitrogens with one attached hydrogen (secondary N) is 1. The first-order chi connectivity index (χ1) is 13.0. The third-order valence-electron chi connectivity index (χ3n) is 4.43. The van der Waals surface area contributed by atoms with Crippen LogP contribution in [0, 0.1) is 0 Å². The summed E-state index contributed by atoms with van der Waals surface area (Å²) in [6, 6.07) is 7.39. The van der Waals surface area contributed by atoms with Gasteiger partial charge in [-0.05, 0) is 47.7 Å². The molecule has 0 aliphatic rings. The number of amides is 1. The second-order valence-corrected chi connectivity index (χ2v) is 6.43. The van der Waals surface area contributed by atoms with Crippen molar-refractivity contribution in [1.29, 1.82) is 0 Å². The summed E-state index contributed by atoms with van der Waals surface area (Å²) in [6.45, 7) is 4.08. The zero-order valence-electron chi connectivity index (χ0n) is 16.4. The molecule has 0 heterocycles. The third kappa shape index (κ3) is 4.66. The molecular formula is C21H26ClNO4. The van der Waals surface area contributed by atoms with Gasteiger partial charge in [-0.2, -0.15) is 0 Å². The summed E-state index contributed by atoms with van der Waals surface area (Å²) in [7, 11) is 4.65. The lowest BCUT2D eigenvalue weighted by atomic mass is 10.0. The van der Waals surface area contributed by atoms with Crippen molar-refractivity contribution >= 4 is 23.2 Å². The van der Waals surface area contributed by atoms with Gasteiger partial charge in [-0.25, -0.2) is 0 Å². The monoisotopic (exact) mass is 391 g/mol. The molecule has 0 fully saturated rings. The Morgan fingerprint density at radius 2 is 1.63 bits per heavy atom. The standard InChI is InChI=1S/C21H26ClNO4/c1-6-14-8-9-16(22)15(7-2)20(14)23-19(24)12-13-10-17(25-3)21(27-5)18(11-13)26-4/h8-11H,6-7,12H2,1-5H3,(H,23,24). The molecule has 0 unspecified atom stereocenters. The second-order valence-electron chi connectivity index (χ2n) is 6.03. The van der Waals surface area contributed by atoms with E-state index in [0.717, 1.165) is 35.2 Å². The molecule has 1 N–H and O–H groups in total. The molecular weight excluding hydrogens is 366 g/mol. The minimum absolute atomic E-state index is 0.129. The van der Waals surface area contributed by atoms with E-state index in [2.05, 4.69) is 12.2 Å². The highest BCUT2D eigenvalue weighted by Crippen LogP contribution is 2.38. The Bertz CT molecular complexity index is 795. The van der Waals surface area contributed by atoms with Gasteiger partial charge in [0.15, 0.2) is 11.5 Å². The molecule has 2 aromatic rings. The zero-order chi connectivity index (χ0) is 20.0. The lowest BCUT2D eigenvalue weighted by Crippen LogP contribution is -2.17. The van der Waals surface area contributed by atoms with Crippen LogP contribution in [0.3, 0.4) is 0 Å². The van der Waals surface area contributed by atoms with E-state index in [-0.39, 0.29) is 12.3 Å². The fourth-order valence-electron chi connectivity index (χ4n) is 3.07. The number of ether oxygens (including phenoxy) is 3. The Morgan fingerprint density at radius 1 is 1.00 bits per heavy atom. The Balaban J connectivity index is 2.30. The zero-order valence-corrected chi connectivity index (χ0v) is 17.2. The van der Waals surface area contributed by atoms with Gasteiger partial charge in [0, 0.05) is 10.7 Å². The van der Waals surface area contributed by atoms with Crippen LogP contribution in [0.4, 0.5) is 5.69 Å². The van der Waals surface area contributed by atoms with Crippen LogP contribution in [-0.2, 0) is 24.1 Å². The average Bonchev–Trinajstić information content (AvgIpc) is 2.67. The van der Waals surface area contributed by atoms with Gasteiger partial charge in [-0.1, -0.05) is 31.5 Å². The van der Waals surface area contributed by atoms with Crippen molar-refractivity contribution in [2.24, 2.45) is 0 Å². The molecule has 0 aliphatic heterocycles. The summed E-state index contributed by atoms with van der Waals surface area (Å²) in [5, 5.41) is 3.70. The quantitative estimate of drug-likeness (QED) is 0.710. The van der Waals surface area contributed by atoms with Gasteiger partial charge in [0.25, 0.3) is 0 Å². The summed E-state index contributed by atoms with van der Waals surface area (Å²) in [6.07, 6.45) is 1.73. The summed E-state index contributed by atoms with van der Waals surface area (Å²) < 4.78 is 16.0. The normalized spacial score (nSPS) is 10.4. The van der Waals surface area contributed by atoms with Crippen molar-refractivity contribution < 1.29 is 19.0 Å². The number of hydrogen-bond donors (Lipinski definition) is 1. The summed E-state index contributed by atoms with van der Waals surface area (Å²) >= 11 is 6.32. The maximum absolute atomic E-state index is 12.7. The molecule has 27 heavy (non-hydrogen) atoms. The Morgan fingerprint density at radius 3 is 2.11 bits per heavy atom. The molecule has 0 saturated carbocycles. The second kappa shape index (κ2) is 9.51. The van der Waals surface area contributed by atoms with Crippen molar-refractivity contribution in [1.82, 2.24) is 0 Å². The van der Waals surface area contributed by atoms with E-state index in [0.29, 0.717) is 22.3 Å². The van der Waals surface area contributed by atoms with Crippen molar-refractivity contribution in [2.45, 2.75) is 33.1 Å². The van der Waals surface area contributed by atoms with Crippen LogP contribution < -0.4 is 19.5 Å². The van der Waals surface area contributed by atoms with Crippen LogP contribution in [0.15, 0.2) is 24.3 Å². The van der Waals surface area contributed by atoms with E-state index in [1.807, 2.05) is 19.1 Å². The summed E-state index contributed by atoms with van der Waals surface area (Å²) in [4.78, 5) is 12.7. The number of carbonyl (C=O) groups is 1. The third-order valence-corrected chi connectivity index (χ3v) is 4.78. The molecule has 2 aromatic carbocycles. The number of rotatable bonds is 8. The van der Waals surface area contributed by atoms with Gasteiger partial charge >= 0.3 is 0 Å². The lowest BCUT2D eigenvalue weighted by Gasteiger charge is -2.17. The number of aryl methyl sites for hydroxylation is 1. The molecule has 0 aliphatic carbocycles. The Labute approximate surface area is 165 Å². The fraction of sp³-hybridized carbons (Fsp3) is 0.381. The highest BCUT2D eigenvalue weighted by molar-refractivity contribution is 6.32. The molecule has 0 saturated heterocycles. The molecule has 0 aromatic heterocycles. The van der Waals surface area contributed by atoms with E-state index in [1.54, 1.807) is 33.5 Å². The van der Waals surface area contributed by atoms with E-state index < -0.39 is 0 Å². The largest absolute Gasteiger partial charge is 0.493 e. The molecule has 0 bridgehead atoms. The predicted octanol–water partition coefficient (Wildman–Crippen LogP) is 4.67. The van der Waals surface area contributed by atoms with Crippen LogP contribution in [0.2, 0.25) is 5.02 Å². The van der Waals surface area contributed by atoms with Crippen LogP contribution in [0.1, 0.15) is 30.5 Å². The summed E-state index contributed by atoms with van der Waals surface area (Å²) in [5.41, 5.74) is 3.59. The first kappa shape index (κ1) is 20.9. The number of hydrogen-bond acceptors (Lipinski definition) is 4. The van der Waals surface area contributed by atoms with Gasteiger partial charge in [-0.15, -0.1) is 0 Å². The number of benzene rings is 2. The van der Waals surface area contributed by atoms with Crippen LogP contribution in [0.5, 0.6) is 17.2 Å². The first-order valence-corrected chi connectivity index (χ1v) is 9.25. The van der Waals surface area contributed by atoms with Gasteiger partial charge in [0.05, 0.1) is 27.8 Å². The van der Waals surface area contributed by atoms with Crippen molar-refractivity contribution in [2.75, 3.05) is 26.6 Å². The summed E-state index contributed by atoms with van der Waals surface area (Å²) in [5.74, 6) is 1.41. The fourth-order valence-corrected chi connectivity index (χ4v) is 3.36. The molecule has 0 atom stereocenters. The first-order valence-electron chi connectivity index (χ1n) is 8.87. The van der Waals surface area contributed by atoms with Crippen molar-refractivity contribution in [3.63, 3.8) is 0 Å². The van der Waals surface area contributed by atoms with Crippen LogP contribution >= 0.6 is 11.6 Å². The lowest BCUT2D eigenvalue weighted by molar-refractivity contribution is -0.115. The SMILES string of the molecule is CCc1ccc(Cl)c(CC)c1NC(=O)Cc1cc(OC)c(OC)c(OC)c1. The molecule has 0 radical (unpaired) electrons. The van der Waals surface area contributed by atoms with Gasteiger partial charge < -0.3 is 19.5 Å². The molecule has 5 nitrogen and oxygen atoms in total. The van der Waals surface area contributed by atoms with Crippen LogP contribution in [-0.4, -0.2) is 27.2 Å². The minimum atomic E-state index is -0.129. The van der Waals surface area contributed by atoms with Crippen LogP contribution in [0.25, 0.3) is 0 Å². The molecule has 6 heteroatoms. The van der Waals surface area contributed by atoms with E-state index >= 15 is 0 Å². The van der Waals surface area contributed by atoms with Crippen molar-refractivity contribution in [3.8, 4) is 17.2 Å². The number of halogens is 1. The van der Waals surface area contributed by atoms with Crippen molar-refractivity contribution in [3.05, 3.63) is 46.0 Å². The average molecular weight is 392 g/mol. The number of methoxy groups -OCH3 is 3. The van der Waals surface area contributed by atoms with E-state index in [1.165, 1.54) is 0 Å². The minimum Gasteiger partial charge on any atom is -0.493 e. The maximum atomic E-state index is 12.7. The van der Waals surface area contributed by atoms with Gasteiger partial charge in [-0.3, -0.25) is 4.79 Å². The van der Waals surface area contributed by atoms with Gasteiger partial charge in [0.2, 0.25) is 11.7 Å². The topological polar surface area (TPSA) is 56.8 Å². The molecule has 146 valence electrons. The Hall–Kier alpha value is -2.40. The molecule has 0 spiro atoms. The highest BCUT2D eigenvalue weighted by atomic mass is 35.5. The Kier molecular flexibility index (Phi) is 7.36. The van der Waals surface area contributed by atoms with E-state index in [9.17, 15) is 4.79 Å². The maximum Gasteiger partial charge on any atom is 0.228 e. The van der Waals surface area contributed by atoms with Gasteiger partial charge in [0.1, 0.15) is 0 Å². The highest BCUT2D eigenvalue weighted by Gasteiger charge is 2.17. The van der Waals surface area contributed by atoms with E-state index in [4.69, 9.17) is 25.8 Å². The number of anilines is 1. The predicted molar refractivity (Wildman–Crippen MR) is 109 cm³/mol. The smallest absolute Gasteiger partial charge is 0.228 e. The molecule has 1 amide bonds. The molecule has 2 rings (SSSR count). The number of carbonyl (C=O) groups excluding carboxylic acids is 1.